The minimum absolute atomic E-state index is 0.00827. The van der Waals surface area contributed by atoms with Crippen molar-refractivity contribution in [2.75, 3.05) is 52.0 Å². The number of ether oxygens (including phenoxy) is 4. The number of anilines is 1. The number of nitrogens with one attached hydrogen (secondary N) is 2. The van der Waals surface area contributed by atoms with Gasteiger partial charge < -0.3 is 34.5 Å². The van der Waals surface area contributed by atoms with E-state index in [0.29, 0.717) is 19.3 Å². The van der Waals surface area contributed by atoms with Gasteiger partial charge in [-0.05, 0) is 61.6 Å². The number of methoxy groups -OCH3 is 2. The lowest BCUT2D eigenvalue weighted by Gasteiger charge is -2.38. The van der Waals surface area contributed by atoms with Crippen molar-refractivity contribution in [3.8, 4) is 11.5 Å². The van der Waals surface area contributed by atoms with E-state index < -0.39 is 0 Å². The maximum atomic E-state index is 11.5. The number of nitrogens with zero attached hydrogens (tertiary/aromatic N) is 1. The van der Waals surface area contributed by atoms with Gasteiger partial charge in [0, 0.05) is 51.7 Å². The number of rotatable bonds is 12. The molecular formula is C30H43N3O5. The van der Waals surface area contributed by atoms with Crippen molar-refractivity contribution >= 4 is 11.6 Å². The molecule has 4 rings (SSSR count). The maximum absolute atomic E-state index is 11.5. The summed E-state index contributed by atoms with van der Waals surface area (Å²) in [6.45, 7) is 8.20. The third kappa shape index (κ3) is 7.62. The lowest BCUT2D eigenvalue weighted by atomic mass is 9.82. The second-order valence-corrected chi connectivity index (χ2v) is 10.4. The average molecular weight is 526 g/mol. The van der Waals surface area contributed by atoms with E-state index in [1.165, 1.54) is 5.56 Å². The molecule has 8 nitrogen and oxygen atoms in total. The zero-order valence-corrected chi connectivity index (χ0v) is 23.2. The van der Waals surface area contributed by atoms with Crippen LogP contribution in [0.15, 0.2) is 42.5 Å². The molecule has 2 aliphatic heterocycles. The average Bonchev–Trinajstić information content (AvgIpc) is 2.92. The maximum Gasteiger partial charge on any atom is 0.217 e. The highest BCUT2D eigenvalue weighted by molar-refractivity contribution is 5.73. The summed E-state index contributed by atoms with van der Waals surface area (Å²) in [5.74, 6) is 2.03. The fourth-order valence-electron chi connectivity index (χ4n) is 5.60. The van der Waals surface area contributed by atoms with E-state index in [4.69, 9.17) is 18.9 Å². The second-order valence-electron chi connectivity index (χ2n) is 10.4. The third-order valence-electron chi connectivity index (χ3n) is 7.45. The Kier molecular flexibility index (Phi) is 10.3. The van der Waals surface area contributed by atoms with E-state index in [9.17, 15) is 4.79 Å². The fraction of sp³-hybridized carbons (Fsp3) is 0.567. The molecule has 2 aromatic carbocycles. The summed E-state index contributed by atoms with van der Waals surface area (Å²) in [6, 6.07) is 15.1. The van der Waals surface area contributed by atoms with Crippen LogP contribution in [0, 0.1) is 0 Å². The summed E-state index contributed by atoms with van der Waals surface area (Å²) in [7, 11) is 3.43. The summed E-state index contributed by atoms with van der Waals surface area (Å²) in [6.07, 6.45) is 2.82. The van der Waals surface area contributed by atoms with Gasteiger partial charge in [-0.1, -0.05) is 18.2 Å². The molecule has 4 atom stereocenters. The van der Waals surface area contributed by atoms with Crippen LogP contribution in [0.3, 0.4) is 0 Å². The van der Waals surface area contributed by atoms with Crippen molar-refractivity contribution in [1.29, 1.82) is 0 Å². The Hall–Kier alpha value is -2.81. The highest BCUT2D eigenvalue weighted by Gasteiger charge is 2.33. The Morgan fingerprint density at radius 2 is 2.03 bits per heavy atom. The zero-order valence-electron chi connectivity index (χ0n) is 23.2. The zero-order chi connectivity index (χ0) is 26.9. The van der Waals surface area contributed by atoms with E-state index in [0.717, 1.165) is 68.3 Å². The molecule has 0 aliphatic carbocycles. The number of fused-ring (bicyclic) bond motifs is 1. The Morgan fingerprint density at radius 1 is 1.21 bits per heavy atom. The molecule has 0 saturated carbocycles. The standard InChI is InChI=1S/C30H43N3O5/c1-21(32-22(2)34)16-25-18-27(24-7-9-26(36-4)10-8-24)30(19-31-25)38-20-23-6-11-29-28(17-23)33(13-15-37-29)12-5-14-35-3/h6-11,17,21,25,27,30-31H,5,12-16,18-20H2,1-4H3,(H,32,34)/t21?,25-,27+,30-/m0/s1. The lowest BCUT2D eigenvalue weighted by Crippen LogP contribution is -2.49. The highest BCUT2D eigenvalue weighted by atomic mass is 16.5. The molecule has 0 radical (unpaired) electrons. The molecule has 0 bridgehead atoms. The number of carbonyl (C=O) groups is 1. The van der Waals surface area contributed by atoms with Gasteiger partial charge in [-0.2, -0.15) is 0 Å². The van der Waals surface area contributed by atoms with Crippen LogP contribution in [0.1, 0.15) is 50.2 Å². The van der Waals surface area contributed by atoms with Crippen LogP contribution < -0.4 is 25.0 Å². The van der Waals surface area contributed by atoms with E-state index in [2.05, 4.69) is 52.8 Å². The quantitative estimate of drug-likeness (QED) is 0.407. The topological polar surface area (TPSA) is 81.3 Å². The van der Waals surface area contributed by atoms with E-state index in [1.54, 1.807) is 21.1 Å². The van der Waals surface area contributed by atoms with E-state index in [1.807, 2.05) is 12.1 Å². The first kappa shape index (κ1) is 28.2. The van der Waals surface area contributed by atoms with Crippen molar-refractivity contribution in [3.05, 3.63) is 53.6 Å². The molecule has 1 saturated heterocycles. The van der Waals surface area contributed by atoms with Crippen LogP contribution in [-0.4, -0.2) is 71.2 Å². The molecule has 2 aliphatic rings. The molecule has 1 amide bonds. The number of benzene rings is 2. The van der Waals surface area contributed by atoms with Gasteiger partial charge in [-0.3, -0.25) is 4.79 Å². The second kappa shape index (κ2) is 13.8. The van der Waals surface area contributed by atoms with Crippen LogP contribution in [0.5, 0.6) is 11.5 Å². The van der Waals surface area contributed by atoms with Crippen molar-refractivity contribution in [3.63, 3.8) is 0 Å². The van der Waals surface area contributed by atoms with Gasteiger partial charge in [-0.25, -0.2) is 0 Å². The Balaban J connectivity index is 1.44. The van der Waals surface area contributed by atoms with Gasteiger partial charge in [0.25, 0.3) is 0 Å². The van der Waals surface area contributed by atoms with Gasteiger partial charge in [0.1, 0.15) is 18.1 Å². The van der Waals surface area contributed by atoms with Gasteiger partial charge in [0.2, 0.25) is 5.91 Å². The number of hydrogen-bond donors (Lipinski definition) is 2. The SMILES string of the molecule is COCCCN1CCOc2ccc(CO[C@H]3CN[C@@H](CC(C)NC(C)=O)C[C@@H]3c3ccc(OC)cc3)cc21. The van der Waals surface area contributed by atoms with Crippen molar-refractivity contribution < 1.29 is 23.7 Å². The molecular weight excluding hydrogens is 482 g/mol. The van der Waals surface area contributed by atoms with Gasteiger partial charge in [-0.15, -0.1) is 0 Å². The molecule has 0 aromatic heterocycles. The van der Waals surface area contributed by atoms with Crippen LogP contribution >= 0.6 is 0 Å². The summed E-state index contributed by atoms with van der Waals surface area (Å²) >= 11 is 0. The predicted molar refractivity (Wildman–Crippen MR) is 149 cm³/mol. The first-order valence-electron chi connectivity index (χ1n) is 13.7. The molecule has 8 heteroatoms. The highest BCUT2D eigenvalue weighted by Crippen LogP contribution is 2.35. The van der Waals surface area contributed by atoms with Crippen molar-refractivity contribution in [2.24, 2.45) is 0 Å². The molecule has 2 heterocycles. The molecule has 2 aromatic rings. The smallest absolute Gasteiger partial charge is 0.217 e. The fourth-order valence-corrected chi connectivity index (χ4v) is 5.60. The molecule has 0 spiro atoms. The number of carbonyl (C=O) groups excluding carboxylic acids is 1. The first-order valence-corrected chi connectivity index (χ1v) is 13.7. The Labute approximate surface area is 227 Å². The summed E-state index contributed by atoms with van der Waals surface area (Å²) in [5.41, 5.74) is 3.52. The van der Waals surface area contributed by atoms with Crippen LogP contribution in [0.2, 0.25) is 0 Å². The minimum Gasteiger partial charge on any atom is -0.497 e. The minimum atomic E-state index is 0.00827. The molecule has 2 N–H and O–H groups in total. The number of piperidine rings is 1. The van der Waals surface area contributed by atoms with Crippen molar-refractivity contribution in [1.82, 2.24) is 10.6 Å². The van der Waals surface area contributed by atoms with E-state index in [-0.39, 0.29) is 24.0 Å². The number of amides is 1. The predicted octanol–water partition coefficient (Wildman–Crippen LogP) is 3.88. The lowest BCUT2D eigenvalue weighted by molar-refractivity contribution is -0.119. The molecule has 1 unspecified atom stereocenters. The van der Waals surface area contributed by atoms with Gasteiger partial charge >= 0.3 is 0 Å². The molecule has 1 fully saturated rings. The monoisotopic (exact) mass is 525 g/mol. The van der Waals surface area contributed by atoms with E-state index >= 15 is 0 Å². The molecule has 208 valence electrons. The Morgan fingerprint density at radius 3 is 2.76 bits per heavy atom. The Bertz CT molecular complexity index is 1030. The summed E-state index contributed by atoms with van der Waals surface area (Å²) < 4.78 is 23.1. The summed E-state index contributed by atoms with van der Waals surface area (Å²) in [5, 5.41) is 6.69. The van der Waals surface area contributed by atoms with Crippen molar-refractivity contribution in [2.45, 2.75) is 63.8 Å². The van der Waals surface area contributed by atoms with Crippen LogP contribution in [-0.2, 0) is 20.9 Å². The van der Waals surface area contributed by atoms with Gasteiger partial charge in [0.05, 0.1) is 32.1 Å². The number of hydrogen-bond acceptors (Lipinski definition) is 7. The third-order valence-corrected chi connectivity index (χ3v) is 7.45. The van der Waals surface area contributed by atoms with Crippen LogP contribution in [0.25, 0.3) is 0 Å². The molecule has 38 heavy (non-hydrogen) atoms. The largest absolute Gasteiger partial charge is 0.497 e. The van der Waals surface area contributed by atoms with Crippen LogP contribution in [0.4, 0.5) is 5.69 Å². The first-order chi connectivity index (χ1) is 18.5. The normalized spacial score (nSPS) is 21.8. The summed E-state index contributed by atoms with van der Waals surface area (Å²) in [4.78, 5) is 13.9. The van der Waals surface area contributed by atoms with Gasteiger partial charge in [0.15, 0.2) is 0 Å².